The maximum atomic E-state index is 13.0. The largest absolute Gasteiger partial charge is 0.459 e. The van der Waals surface area contributed by atoms with Gasteiger partial charge in [0, 0.05) is 0 Å². The number of esters is 1. The van der Waals surface area contributed by atoms with Gasteiger partial charge in [-0.1, -0.05) is 47.5 Å². The Hall–Kier alpha value is -0.530. The maximum Gasteiger partial charge on any atom is 0.312 e. The fraction of sp³-hybridized carbons (Fsp3) is 0.947. The van der Waals surface area contributed by atoms with E-state index in [9.17, 15) is 4.79 Å². The molecule has 0 N–H and O–H groups in total. The summed E-state index contributed by atoms with van der Waals surface area (Å²) in [6.07, 6.45) is 8.68. The highest BCUT2D eigenvalue weighted by atomic mass is 16.6. The molecule has 0 spiro atoms. The van der Waals surface area contributed by atoms with Gasteiger partial charge in [-0.05, 0) is 57.3 Å². The monoisotopic (exact) mass is 296 g/mol. The molecule has 1 fully saturated rings. The van der Waals surface area contributed by atoms with Crippen molar-refractivity contribution in [3.63, 3.8) is 0 Å². The van der Waals surface area contributed by atoms with Gasteiger partial charge in [-0.15, -0.1) is 0 Å². The Morgan fingerprint density at radius 3 is 2.14 bits per heavy atom. The second kappa shape index (κ2) is 7.65. The molecule has 0 bridgehead atoms. The zero-order chi connectivity index (χ0) is 16.1. The average Bonchev–Trinajstić information content (AvgIpc) is 2.46. The lowest BCUT2D eigenvalue weighted by atomic mass is 9.71. The van der Waals surface area contributed by atoms with Crippen LogP contribution in [0.4, 0.5) is 0 Å². The molecule has 0 radical (unpaired) electrons. The van der Waals surface area contributed by atoms with Gasteiger partial charge in [0.1, 0.15) is 5.60 Å². The summed E-state index contributed by atoms with van der Waals surface area (Å²) in [5, 5.41) is 0. The molecule has 21 heavy (non-hydrogen) atoms. The van der Waals surface area contributed by atoms with E-state index in [2.05, 4.69) is 41.5 Å². The predicted octanol–water partition coefficient (Wildman–Crippen LogP) is 5.74. The molecular weight excluding hydrogens is 260 g/mol. The van der Waals surface area contributed by atoms with E-state index in [0.717, 1.165) is 32.1 Å². The molecule has 0 saturated heterocycles. The van der Waals surface area contributed by atoms with Crippen molar-refractivity contribution >= 4 is 5.97 Å². The number of ether oxygens (including phenoxy) is 1. The van der Waals surface area contributed by atoms with E-state index in [4.69, 9.17) is 4.74 Å². The van der Waals surface area contributed by atoms with Crippen molar-refractivity contribution in [2.24, 2.45) is 17.3 Å². The Labute approximate surface area is 132 Å². The van der Waals surface area contributed by atoms with Crippen LogP contribution in [0, 0.1) is 17.3 Å². The third kappa shape index (κ3) is 4.47. The molecule has 0 aromatic carbocycles. The van der Waals surface area contributed by atoms with Crippen LogP contribution in [-0.4, -0.2) is 11.6 Å². The van der Waals surface area contributed by atoms with Crippen molar-refractivity contribution in [1.29, 1.82) is 0 Å². The van der Waals surface area contributed by atoms with E-state index < -0.39 is 0 Å². The van der Waals surface area contributed by atoms with Gasteiger partial charge in [-0.3, -0.25) is 4.79 Å². The van der Waals surface area contributed by atoms with E-state index in [0.29, 0.717) is 11.8 Å². The fourth-order valence-corrected chi connectivity index (χ4v) is 3.82. The van der Waals surface area contributed by atoms with E-state index >= 15 is 0 Å². The summed E-state index contributed by atoms with van der Waals surface area (Å²) in [7, 11) is 0. The summed E-state index contributed by atoms with van der Waals surface area (Å²) in [4.78, 5) is 13.0. The van der Waals surface area contributed by atoms with E-state index in [-0.39, 0.29) is 17.0 Å². The molecule has 2 nitrogen and oxygen atoms in total. The third-order valence-electron chi connectivity index (χ3n) is 5.72. The molecule has 2 heteroatoms. The van der Waals surface area contributed by atoms with Crippen molar-refractivity contribution in [2.45, 2.75) is 98.5 Å². The summed E-state index contributed by atoms with van der Waals surface area (Å²) < 4.78 is 6.18. The predicted molar refractivity (Wildman–Crippen MR) is 89.2 cm³/mol. The molecule has 124 valence electrons. The quantitative estimate of drug-likeness (QED) is 0.560. The smallest absolute Gasteiger partial charge is 0.312 e. The molecule has 0 heterocycles. The van der Waals surface area contributed by atoms with Gasteiger partial charge in [-0.2, -0.15) is 0 Å². The Balaban J connectivity index is 2.89. The topological polar surface area (TPSA) is 26.3 Å². The molecule has 0 aromatic heterocycles. The molecule has 1 saturated carbocycles. The van der Waals surface area contributed by atoms with Gasteiger partial charge >= 0.3 is 5.97 Å². The first-order valence-corrected chi connectivity index (χ1v) is 9.03. The summed E-state index contributed by atoms with van der Waals surface area (Å²) in [6, 6.07) is 0. The van der Waals surface area contributed by atoms with Crippen molar-refractivity contribution in [3.05, 3.63) is 0 Å². The lowest BCUT2D eigenvalue weighted by Crippen LogP contribution is -2.44. The Kier molecular flexibility index (Phi) is 6.74. The van der Waals surface area contributed by atoms with Crippen LogP contribution in [0.2, 0.25) is 0 Å². The average molecular weight is 296 g/mol. The van der Waals surface area contributed by atoms with Crippen LogP contribution in [0.3, 0.4) is 0 Å². The Morgan fingerprint density at radius 1 is 1.14 bits per heavy atom. The van der Waals surface area contributed by atoms with Crippen molar-refractivity contribution in [3.8, 4) is 0 Å². The molecular formula is C19H36O2. The third-order valence-corrected chi connectivity index (χ3v) is 5.72. The van der Waals surface area contributed by atoms with Crippen LogP contribution in [0.25, 0.3) is 0 Å². The summed E-state index contributed by atoms with van der Waals surface area (Å²) >= 11 is 0. The van der Waals surface area contributed by atoms with Gasteiger partial charge in [0.25, 0.3) is 0 Å². The molecule has 2 atom stereocenters. The first kappa shape index (κ1) is 18.5. The normalized spacial score (nSPS) is 22.6. The van der Waals surface area contributed by atoms with Crippen LogP contribution < -0.4 is 0 Å². The summed E-state index contributed by atoms with van der Waals surface area (Å²) in [5.74, 6) is 0.930. The van der Waals surface area contributed by atoms with Crippen molar-refractivity contribution in [2.75, 3.05) is 0 Å². The van der Waals surface area contributed by atoms with Gasteiger partial charge in [0.2, 0.25) is 0 Å². The van der Waals surface area contributed by atoms with Crippen molar-refractivity contribution < 1.29 is 9.53 Å². The number of hydrogen-bond acceptors (Lipinski definition) is 2. The Morgan fingerprint density at radius 2 is 1.71 bits per heavy atom. The second-order valence-corrected chi connectivity index (χ2v) is 7.81. The summed E-state index contributed by atoms with van der Waals surface area (Å²) in [5.41, 5.74) is -0.524. The first-order valence-electron chi connectivity index (χ1n) is 9.03. The van der Waals surface area contributed by atoms with E-state index in [1.807, 2.05) is 0 Å². The van der Waals surface area contributed by atoms with Crippen LogP contribution in [0.5, 0.6) is 0 Å². The number of rotatable bonds is 7. The highest BCUT2D eigenvalue weighted by Crippen LogP contribution is 2.42. The zero-order valence-electron chi connectivity index (χ0n) is 15.1. The van der Waals surface area contributed by atoms with Gasteiger partial charge in [0.15, 0.2) is 0 Å². The maximum absolute atomic E-state index is 13.0. The highest BCUT2D eigenvalue weighted by molar-refractivity contribution is 5.77. The summed E-state index contributed by atoms with van der Waals surface area (Å²) in [6.45, 7) is 13.1. The lowest BCUT2D eigenvalue weighted by molar-refractivity contribution is -0.180. The minimum atomic E-state index is -0.345. The van der Waals surface area contributed by atoms with E-state index in [1.54, 1.807) is 0 Å². The lowest BCUT2D eigenvalue weighted by Gasteiger charge is -2.41. The number of carbonyl (C=O) groups is 1. The van der Waals surface area contributed by atoms with Gasteiger partial charge in [-0.25, -0.2) is 0 Å². The molecule has 1 rings (SSSR count). The minimum Gasteiger partial charge on any atom is -0.459 e. The van der Waals surface area contributed by atoms with Gasteiger partial charge < -0.3 is 4.74 Å². The zero-order valence-corrected chi connectivity index (χ0v) is 15.1. The molecule has 2 unspecified atom stereocenters. The van der Waals surface area contributed by atoms with Crippen molar-refractivity contribution in [1.82, 2.24) is 0 Å². The highest BCUT2D eigenvalue weighted by Gasteiger charge is 2.44. The Bertz CT molecular complexity index is 328. The first-order chi connectivity index (χ1) is 9.79. The number of carbonyl (C=O) groups excluding carboxylic acids is 1. The molecule has 1 aliphatic carbocycles. The number of hydrogen-bond donors (Lipinski definition) is 0. The van der Waals surface area contributed by atoms with Crippen LogP contribution in [-0.2, 0) is 9.53 Å². The molecule has 0 amide bonds. The minimum absolute atomic E-state index is 0.0503. The SMILES string of the molecule is CCC(C)C(C)(CC(C)C)C(=O)OC1(CC)CCCCC1. The standard InChI is InChI=1S/C19H36O2/c1-7-16(5)18(6,14-15(3)4)17(20)21-19(8-2)12-10-9-11-13-19/h15-16H,7-14H2,1-6H3. The van der Waals surface area contributed by atoms with Crippen LogP contribution >= 0.6 is 0 Å². The van der Waals surface area contributed by atoms with Gasteiger partial charge in [0.05, 0.1) is 5.41 Å². The fourth-order valence-electron chi connectivity index (χ4n) is 3.82. The molecule has 0 aromatic rings. The molecule has 1 aliphatic rings. The van der Waals surface area contributed by atoms with Crippen LogP contribution in [0.15, 0.2) is 0 Å². The second-order valence-electron chi connectivity index (χ2n) is 7.81. The van der Waals surface area contributed by atoms with Crippen LogP contribution in [0.1, 0.15) is 92.9 Å². The molecule has 0 aliphatic heterocycles. The van der Waals surface area contributed by atoms with E-state index in [1.165, 1.54) is 19.3 Å².